The predicted molar refractivity (Wildman–Crippen MR) is 88.1 cm³/mol. The molecule has 0 saturated carbocycles. The van der Waals surface area contributed by atoms with Gasteiger partial charge in [-0.2, -0.15) is 0 Å². The Morgan fingerprint density at radius 2 is 1.75 bits per heavy atom. The Labute approximate surface area is 126 Å². The van der Waals surface area contributed by atoms with E-state index in [1.54, 1.807) is 0 Å². The summed E-state index contributed by atoms with van der Waals surface area (Å²) < 4.78 is 0. The maximum absolute atomic E-state index is 2.76. The van der Waals surface area contributed by atoms with Crippen LogP contribution in [-0.4, -0.2) is 48.6 Å². The Balaban J connectivity index is 1.71. The molecule has 0 spiro atoms. The zero-order valence-corrected chi connectivity index (χ0v) is 14.3. The van der Waals surface area contributed by atoms with Crippen molar-refractivity contribution in [1.29, 1.82) is 0 Å². The standard InChI is InChI=1S/C18H36N2/c1-5-16(4)20-11-7-17(8-12-20)14-19-10-9-18(6-2)15(3)13-19/h15-18H,5-14H2,1-4H3/t15-,16?,18+/m1/s1. The fraction of sp³-hybridized carbons (Fsp3) is 1.00. The fourth-order valence-electron chi connectivity index (χ4n) is 4.25. The Kier molecular flexibility index (Phi) is 6.35. The Bertz CT molecular complexity index is 271. The molecule has 0 aliphatic carbocycles. The molecule has 118 valence electrons. The van der Waals surface area contributed by atoms with Crippen molar-refractivity contribution in [1.82, 2.24) is 9.80 Å². The maximum atomic E-state index is 2.76. The van der Waals surface area contributed by atoms with Crippen LogP contribution in [0.1, 0.15) is 59.8 Å². The maximum Gasteiger partial charge on any atom is 0.00643 e. The first-order valence-corrected chi connectivity index (χ1v) is 9.10. The molecule has 2 rings (SSSR count). The largest absolute Gasteiger partial charge is 0.303 e. The summed E-state index contributed by atoms with van der Waals surface area (Å²) in [6, 6.07) is 0.788. The molecule has 0 aromatic heterocycles. The molecule has 3 atom stereocenters. The van der Waals surface area contributed by atoms with Crippen LogP contribution in [0.4, 0.5) is 0 Å². The average molecular weight is 280 g/mol. The molecular weight excluding hydrogens is 244 g/mol. The first kappa shape index (κ1) is 16.3. The van der Waals surface area contributed by atoms with E-state index in [1.165, 1.54) is 64.8 Å². The molecule has 2 nitrogen and oxygen atoms in total. The van der Waals surface area contributed by atoms with Crippen LogP contribution in [0.5, 0.6) is 0 Å². The van der Waals surface area contributed by atoms with Crippen molar-refractivity contribution in [2.75, 3.05) is 32.7 Å². The van der Waals surface area contributed by atoms with Crippen LogP contribution in [0.3, 0.4) is 0 Å². The van der Waals surface area contributed by atoms with Gasteiger partial charge < -0.3 is 9.80 Å². The third-order valence-corrected chi connectivity index (χ3v) is 6.07. The van der Waals surface area contributed by atoms with Gasteiger partial charge in [0.05, 0.1) is 0 Å². The van der Waals surface area contributed by atoms with E-state index in [9.17, 15) is 0 Å². The van der Waals surface area contributed by atoms with Gasteiger partial charge in [-0.05, 0) is 70.0 Å². The average Bonchev–Trinajstić information content (AvgIpc) is 2.47. The molecule has 0 aromatic rings. The van der Waals surface area contributed by atoms with Gasteiger partial charge in [0.1, 0.15) is 0 Å². The first-order valence-electron chi connectivity index (χ1n) is 9.10. The molecule has 0 aromatic carbocycles. The van der Waals surface area contributed by atoms with Gasteiger partial charge in [-0.25, -0.2) is 0 Å². The van der Waals surface area contributed by atoms with Gasteiger partial charge in [-0.3, -0.25) is 0 Å². The van der Waals surface area contributed by atoms with Crippen LogP contribution in [0, 0.1) is 17.8 Å². The van der Waals surface area contributed by atoms with E-state index in [1.807, 2.05) is 0 Å². The van der Waals surface area contributed by atoms with Gasteiger partial charge in [0.2, 0.25) is 0 Å². The van der Waals surface area contributed by atoms with Crippen molar-refractivity contribution < 1.29 is 0 Å². The second kappa shape index (κ2) is 7.79. The zero-order chi connectivity index (χ0) is 14.5. The zero-order valence-electron chi connectivity index (χ0n) is 14.3. The van der Waals surface area contributed by atoms with Gasteiger partial charge in [-0.15, -0.1) is 0 Å². The molecule has 2 aliphatic heterocycles. The number of hydrogen-bond acceptors (Lipinski definition) is 2. The lowest BCUT2D eigenvalue weighted by molar-refractivity contribution is 0.0784. The van der Waals surface area contributed by atoms with Crippen molar-refractivity contribution in [3.8, 4) is 0 Å². The summed E-state index contributed by atoms with van der Waals surface area (Å²) in [5.74, 6) is 2.85. The topological polar surface area (TPSA) is 6.48 Å². The minimum atomic E-state index is 0.788. The Morgan fingerprint density at radius 3 is 2.30 bits per heavy atom. The molecule has 0 amide bonds. The summed E-state index contributed by atoms with van der Waals surface area (Å²) in [6.45, 7) is 16.3. The van der Waals surface area contributed by atoms with Crippen molar-refractivity contribution in [2.45, 2.75) is 65.8 Å². The van der Waals surface area contributed by atoms with E-state index in [-0.39, 0.29) is 0 Å². The summed E-state index contributed by atoms with van der Waals surface area (Å²) in [5.41, 5.74) is 0. The van der Waals surface area contributed by atoms with Crippen LogP contribution < -0.4 is 0 Å². The van der Waals surface area contributed by atoms with Gasteiger partial charge >= 0.3 is 0 Å². The summed E-state index contributed by atoms with van der Waals surface area (Å²) in [7, 11) is 0. The Morgan fingerprint density at radius 1 is 1.05 bits per heavy atom. The van der Waals surface area contributed by atoms with E-state index in [2.05, 4.69) is 37.5 Å². The fourth-order valence-corrected chi connectivity index (χ4v) is 4.25. The van der Waals surface area contributed by atoms with Crippen LogP contribution in [0.15, 0.2) is 0 Å². The highest BCUT2D eigenvalue weighted by Crippen LogP contribution is 2.28. The van der Waals surface area contributed by atoms with Crippen LogP contribution in [0.25, 0.3) is 0 Å². The molecule has 0 bridgehead atoms. The molecule has 0 N–H and O–H groups in total. The molecule has 2 heterocycles. The minimum Gasteiger partial charge on any atom is -0.303 e. The number of nitrogens with zero attached hydrogens (tertiary/aromatic N) is 2. The van der Waals surface area contributed by atoms with Gasteiger partial charge in [0.25, 0.3) is 0 Å². The van der Waals surface area contributed by atoms with E-state index in [4.69, 9.17) is 0 Å². The summed E-state index contributed by atoms with van der Waals surface area (Å²) in [6.07, 6.45) is 6.96. The van der Waals surface area contributed by atoms with E-state index < -0.39 is 0 Å². The van der Waals surface area contributed by atoms with Gasteiger partial charge in [0.15, 0.2) is 0 Å². The number of hydrogen-bond donors (Lipinski definition) is 0. The molecule has 2 saturated heterocycles. The van der Waals surface area contributed by atoms with Crippen molar-refractivity contribution in [2.24, 2.45) is 17.8 Å². The lowest BCUT2D eigenvalue weighted by atomic mass is 9.84. The second-order valence-corrected chi connectivity index (χ2v) is 7.43. The van der Waals surface area contributed by atoms with Crippen molar-refractivity contribution in [3.63, 3.8) is 0 Å². The summed E-state index contributed by atoms with van der Waals surface area (Å²) in [5, 5.41) is 0. The molecule has 20 heavy (non-hydrogen) atoms. The van der Waals surface area contributed by atoms with Crippen molar-refractivity contribution in [3.05, 3.63) is 0 Å². The smallest absolute Gasteiger partial charge is 0.00643 e. The normalized spacial score (nSPS) is 32.4. The highest BCUT2D eigenvalue weighted by molar-refractivity contribution is 4.82. The quantitative estimate of drug-likeness (QED) is 0.754. The highest BCUT2D eigenvalue weighted by atomic mass is 15.2. The van der Waals surface area contributed by atoms with Crippen LogP contribution in [0.2, 0.25) is 0 Å². The summed E-state index contributed by atoms with van der Waals surface area (Å²) in [4.78, 5) is 5.46. The van der Waals surface area contributed by atoms with Crippen molar-refractivity contribution >= 4 is 0 Å². The monoisotopic (exact) mass is 280 g/mol. The van der Waals surface area contributed by atoms with E-state index in [0.29, 0.717) is 0 Å². The lowest BCUT2D eigenvalue weighted by Crippen LogP contribution is -2.45. The second-order valence-electron chi connectivity index (χ2n) is 7.43. The van der Waals surface area contributed by atoms with E-state index in [0.717, 1.165) is 23.8 Å². The molecule has 0 radical (unpaired) electrons. The highest BCUT2D eigenvalue weighted by Gasteiger charge is 2.28. The lowest BCUT2D eigenvalue weighted by Gasteiger charge is -2.41. The van der Waals surface area contributed by atoms with Gasteiger partial charge in [-0.1, -0.05) is 27.2 Å². The SMILES string of the molecule is CCC(C)N1CCC(CN2CC[C@H](CC)[C@H](C)C2)CC1. The third-order valence-electron chi connectivity index (χ3n) is 6.07. The predicted octanol–water partition coefficient (Wildman–Crippen LogP) is 3.86. The Hall–Kier alpha value is -0.0800. The summed E-state index contributed by atoms with van der Waals surface area (Å²) >= 11 is 0. The van der Waals surface area contributed by atoms with E-state index >= 15 is 0 Å². The molecular formula is C18H36N2. The number of likely N-dealkylation sites (tertiary alicyclic amines) is 2. The third kappa shape index (κ3) is 4.21. The van der Waals surface area contributed by atoms with Crippen LogP contribution in [-0.2, 0) is 0 Å². The minimum absolute atomic E-state index is 0.788. The molecule has 2 aliphatic rings. The molecule has 1 unspecified atom stereocenters. The van der Waals surface area contributed by atoms with Gasteiger partial charge in [0, 0.05) is 19.1 Å². The van der Waals surface area contributed by atoms with Crippen LogP contribution >= 0.6 is 0 Å². The molecule has 2 fully saturated rings. The first-order chi connectivity index (χ1) is 9.63. The molecule has 2 heteroatoms. The number of rotatable bonds is 5. The number of piperidine rings is 2.